The lowest BCUT2D eigenvalue weighted by molar-refractivity contribution is 0.0485. The third-order valence-corrected chi connectivity index (χ3v) is 3.25. The zero-order valence-electron chi connectivity index (χ0n) is 11.7. The van der Waals surface area contributed by atoms with Gasteiger partial charge in [0.05, 0.1) is 19.8 Å². The summed E-state index contributed by atoms with van der Waals surface area (Å²) in [6, 6.07) is 3.70. The molecule has 0 amide bonds. The lowest BCUT2D eigenvalue weighted by Gasteiger charge is -2.42. The van der Waals surface area contributed by atoms with Crippen LogP contribution in [0.1, 0.15) is 32.8 Å². The smallest absolute Gasteiger partial charge is 0.132 e. The van der Waals surface area contributed by atoms with Gasteiger partial charge in [-0.25, -0.2) is 0 Å². The van der Waals surface area contributed by atoms with E-state index in [2.05, 4.69) is 0 Å². The first-order valence-electron chi connectivity index (χ1n) is 6.03. The molecule has 0 saturated heterocycles. The third-order valence-electron chi connectivity index (χ3n) is 3.25. The van der Waals surface area contributed by atoms with Crippen LogP contribution in [0, 0.1) is 0 Å². The van der Waals surface area contributed by atoms with E-state index in [1.807, 2.05) is 32.9 Å². The van der Waals surface area contributed by atoms with Crippen LogP contribution in [0.2, 0.25) is 0 Å². The largest absolute Gasteiger partial charge is 0.496 e. The van der Waals surface area contributed by atoms with E-state index in [1.54, 1.807) is 14.2 Å². The van der Waals surface area contributed by atoms with Gasteiger partial charge in [-0.2, -0.15) is 0 Å². The number of hydrogen-bond acceptors (Lipinski definition) is 4. The molecule has 100 valence electrons. The van der Waals surface area contributed by atoms with Gasteiger partial charge in [-0.05, 0) is 20.8 Å². The summed E-state index contributed by atoms with van der Waals surface area (Å²) in [7, 11) is 3.25. The molecule has 2 rings (SSSR count). The van der Waals surface area contributed by atoms with Crippen molar-refractivity contribution >= 4 is 0 Å². The van der Waals surface area contributed by atoms with Crippen molar-refractivity contribution < 1.29 is 14.2 Å². The van der Waals surface area contributed by atoms with E-state index >= 15 is 0 Å². The van der Waals surface area contributed by atoms with Crippen molar-refractivity contribution in [1.82, 2.24) is 0 Å². The van der Waals surface area contributed by atoms with Crippen LogP contribution in [-0.4, -0.2) is 19.8 Å². The summed E-state index contributed by atoms with van der Waals surface area (Å²) in [5.74, 6) is 2.16. The molecule has 0 bridgehead atoms. The zero-order valence-corrected chi connectivity index (χ0v) is 11.7. The van der Waals surface area contributed by atoms with Gasteiger partial charge in [0.25, 0.3) is 0 Å². The summed E-state index contributed by atoms with van der Waals surface area (Å²) in [6.07, 6.45) is 0.732. The maximum Gasteiger partial charge on any atom is 0.132 e. The van der Waals surface area contributed by atoms with Gasteiger partial charge >= 0.3 is 0 Å². The predicted molar refractivity (Wildman–Crippen MR) is 70.4 cm³/mol. The SMILES string of the molecule is COc1cc(OC)c2c(c1)OC(C)(C)CC2(C)N. The van der Waals surface area contributed by atoms with Crippen LogP contribution in [-0.2, 0) is 5.54 Å². The minimum absolute atomic E-state index is 0.298. The highest BCUT2D eigenvalue weighted by atomic mass is 16.5. The summed E-state index contributed by atoms with van der Waals surface area (Å²) in [4.78, 5) is 0. The Morgan fingerprint density at radius 1 is 1.17 bits per heavy atom. The molecular formula is C14H21NO3. The van der Waals surface area contributed by atoms with Gasteiger partial charge in [0.15, 0.2) is 0 Å². The Bertz CT molecular complexity index is 466. The molecule has 4 nitrogen and oxygen atoms in total. The van der Waals surface area contributed by atoms with Crippen molar-refractivity contribution in [3.63, 3.8) is 0 Å². The van der Waals surface area contributed by atoms with Crippen molar-refractivity contribution in [2.75, 3.05) is 14.2 Å². The molecule has 0 aromatic heterocycles. The second-order valence-electron chi connectivity index (χ2n) is 5.66. The van der Waals surface area contributed by atoms with E-state index < -0.39 is 5.54 Å². The summed E-state index contributed by atoms with van der Waals surface area (Å²) < 4.78 is 16.7. The summed E-state index contributed by atoms with van der Waals surface area (Å²) in [6.45, 7) is 6.07. The molecule has 0 fully saturated rings. The van der Waals surface area contributed by atoms with E-state index in [4.69, 9.17) is 19.9 Å². The monoisotopic (exact) mass is 251 g/mol. The standard InChI is InChI=1S/C14H21NO3/c1-13(2)8-14(3,15)12-10(17-5)6-9(16-4)7-11(12)18-13/h6-7H,8,15H2,1-5H3. The average Bonchev–Trinajstić information content (AvgIpc) is 2.24. The second-order valence-corrected chi connectivity index (χ2v) is 5.66. The Morgan fingerprint density at radius 2 is 1.83 bits per heavy atom. The Morgan fingerprint density at radius 3 is 2.39 bits per heavy atom. The van der Waals surface area contributed by atoms with Gasteiger partial charge in [0, 0.05) is 24.1 Å². The number of hydrogen-bond donors (Lipinski definition) is 1. The Labute approximate surface area is 108 Å². The Kier molecular flexibility index (Phi) is 2.93. The number of fused-ring (bicyclic) bond motifs is 1. The minimum atomic E-state index is -0.477. The lowest BCUT2D eigenvalue weighted by Crippen LogP contribution is -2.47. The summed E-state index contributed by atoms with van der Waals surface area (Å²) >= 11 is 0. The first-order valence-corrected chi connectivity index (χ1v) is 6.03. The highest BCUT2D eigenvalue weighted by Gasteiger charge is 2.42. The summed E-state index contributed by atoms with van der Waals surface area (Å²) in [5, 5.41) is 0. The topological polar surface area (TPSA) is 53.7 Å². The molecular weight excluding hydrogens is 230 g/mol. The normalized spacial score (nSPS) is 25.0. The van der Waals surface area contributed by atoms with Crippen molar-refractivity contribution in [2.24, 2.45) is 5.73 Å². The van der Waals surface area contributed by atoms with Crippen molar-refractivity contribution in [1.29, 1.82) is 0 Å². The highest BCUT2D eigenvalue weighted by Crippen LogP contribution is 2.48. The fourth-order valence-electron chi connectivity index (χ4n) is 2.79. The van der Waals surface area contributed by atoms with E-state index in [0.717, 1.165) is 17.7 Å². The summed E-state index contributed by atoms with van der Waals surface area (Å²) in [5.41, 5.74) is 6.56. The van der Waals surface area contributed by atoms with Gasteiger partial charge in [-0.3, -0.25) is 0 Å². The molecule has 4 heteroatoms. The van der Waals surface area contributed by atoms with Crippen LogP contribution >= 0.6 is 0 Å². The van der Waals surface area contributed by atoms with Crippen LogP contribution < -0.4 is 19.9 Å². The molecule has 2 N–H and O–H groups in total. The van der Waals surface area contributed by atoms with Gasteiger partial charge in [-0.1, -0.05) is 0 Å². The molecule has 0 aliphatic carbocycles. The Hall–Kier alpha value is -1.42. The molecule has 1 aliphatic heterocycles. The van der Waals surface area contributed by atoms with Gasteiger partial charge in [-0.15, -0.1) is 0 Å². The lowest BCUT2D eigenvalue weighted by atomic mass is 9.79. The third kappa shape index (κ3) is 2.12. The average molecular weight is 251 g/mol. The molecule has 1 aromatic rings. The molecule has 0 radical (unpaired) electrons. The molecule has 1 aromatic carbocycles. The van der Waals surface area contributed by atoms with Gasteiger partial charge < -0.3 is 19.9 Å². The molecule has 0 spiro atoms. The van der Waals surface area contributed by atoms with Crippen molar-refractivity contribution in [3.8, 4) is 17.2 Å². The number of benzene rings is 1. The first-order chi connectivity index (χ1) is 8.29. The quantitative estimate of drug-likeness (QED) is 0.877. The molecule has 1 unspecified atom stereocenters. The number of rotatable bonds is 2. The van der Waals surface area contributed by atoms with Gasteiger partial charge in [0.2, 0.25) is 0 Å². The van der Waals surface area contributed by atoms with E-state index in [0.29, 0.717) is 11.5 Å². The molecule has 18 heavy (non-hydrogen) atoms. The van der Waals surface area contributed by atoms with Crippen LogP contribution in [0.5, 0.6) is 17.2 Å². The first kappa shape index (κ1) is 13.0. The van der Waals surface area contributed by atoms with Crippen LogP contribution in [0.4, 0.5) is 0 Å². The van der Waals surface area contributed by atoms with Crippen LogP contribution in [0.15, 0.2) is 12.1 Å². The fourth-order valence-corrected chi connectivity index (χ4v) is 2.79. The van der Waals surface area contributed by atoms with E-state index in [9.17, 15) is 0 Å². The second kappa shape index (κ2) is 4.05. The maximum absolute atomic E-state index is 6.43. The van der Waals surface area contributed by atoms with Crippen molar-refractivity contribution in [2.45, 2.75) is 38.3 Å². The molecule has 1 atom stereocenters. The fraction of sp³-hybridized carbons (Fsp3) is 0.571. The predicted octanol–water partition coefficient (Wildman–Crippen LogP) is 2.44. The van der Waals surface area contributed by atoms with E-state index in [1.165, 1.54) is 0 Å². The highest BCUT2D eigenvalue weighted by molar-refractivity contribution is 5.55. The minimum Gasteiger partial charge on any atom is -0.496 e. The zero-order chi connectivity index (χ0) is 13.6. The molecule has 0 saturated carbocycles. The molecule has 1 heterocycles. The number of methoxy groups -OCH3 is 2. The van der Waals surface area contributed by atoms with Crippen LogP contribution in [0.3, 0.4) is 0 Å². The molecule has 1 aliphatic rings. The van der Waals surface area contributed by atoms with Crippen LogP contribution in [0.25, 0.3) is 0 Å². The van der Waals surface area contributed by atoms with E-state index in [-0.39, 0.29) is 5.60 Å². The van der Waals surface area contributed by atoms with Gasteiger partial charge in [0.1, 0.15) is 22.8 Å². The maximum atomic E-state index is 6.43. The number of nitrogens with two attached hydrogens (primary N) is 1. The number of ether oxygens (including phenoxy) is 3. The van der Waals surface area contributed by atoms with Crippen molar-refractivity contribution in [3.05, 3.63) is 17.7 Å². The Balaban J connectivity index is 2.64.